The van der Waals surface area contributed by atoms with E-state index in [1.54, 1.807) is 12.1 Å². The predicted molar refractivity (Wildman–Crippen MR) is 147 cm³/mol. The lowest BCUT2D eigenvalue weighted by Gasteiger charge is -2.41. The Hall–Kier alpha value is -4.95. The Balaban J connectivity index is 1.35. The molecule has 226 valence electrons. The van der Waals surface area contributed by atoms with Crippen molar-refractivity contribution in [3.05, 3.63) is 83.1 Å². The number of aliphatic hydroxyl groups is 3. The van der Waals surface area contributed by atoms with Gasteiger partial charge in [0, 0.05) is 23.8 Å². The number of aromatic hydroxyl groups is 5. The number of aliphatic hydroxyl groups excluding tert-OH is 3. The van der Waals surface area contributed by atoms with Gasteiger partial charge in [0.1, 0.15) is 59.8 Å². The zero-order valence-electron chi connectivity index (χ0n) is 22.2. The van der Waals surface area contributed by atoms with Gasteiger partial charge in [-0.25, -0.2) is 4.79 Å². The van der Waals surface area contributed by atoms with Crippen LogP contribution in [-0.2, 0) is 19.0 Å². The molecule has 0 radical (unpaired) electrons. The second-order valence-electron chi connectivity index (χ2n) is 9.86. The Morgan fingerprint density at radius 1 is 0.814 bits per heavy atom. The van der Waals surface area contributed by atoms with Crippen molar-refractivity contribution in [2.24, 2.45) is 0 Å². The van der Waals surface area contributed by atoms with Gasteiger partial charge in [-0.05, 0) is 42.0 Å². The summed E-state index contributed by atoms with van der Waals surface area (Å²) < 4.78 is 22.7. The van der Waals surface area contributed by atoms with Crippen LogP contribution in [0.2, 0.25) is 0 Å². The summed E-state index contributed by atoms with van der Waals surface area (Å²) in [5.74, 6) is -2.31. The van der Waals surface area contributed by atoms with E-state index in [4.69, 9.17) is 18.9 Å². The van der Waals surface area contributed by atoms with Gasteiger partial charge in [0.2, 0.25) is 6.29 Å². The predicted octanol–water partition coefficient (Wildman–Crippen LogP) is 1.77. The van der Waals surface area contributed by atoms with Crippen molar-refractivity contribution in [1.29, 1.82) is 0 Å². The van der Waals surface area contributed by atoms with Crippen molar-refractivity contribution >= 4 is 18.1 Å². The van der Waals surface area contributed by atoms with Crippen molar-refractivity contribution in [2.45, 2.75) is 36.8 Å². The van der Waals surface area contributed by atoms with Crippen LogP contribution in [0.5, 0.6) is 34.5 Å². The van der Waals surface area contributed by atoms with E-state index < -0.39 is 60.9 Å². The molecular weight excluding hydrogens is 568 g/mol. The standard InChI is InChI=1S/C30H28O13/c31-16-5-1-14(2-6-16)3-8-25(36)40-13-24-26(37)27(38)28(39)30(43-24)42-23-12-18-20(34)10-17(32)11-22(18)41-29(23)15-4-7-19(33)21(35)9-15/h1-12,24,26-35,37-39H,13H2/b8-3+/t24-,26-,27+,28-,29?,30-/m1/s1. The first-order valence-corrected chi connectivity index (χ1v) is 13.0. The highest BCUT2D eigenvalue weighted by atomic mass is 16.7. The number of fused-ring (bicyclic) bond motifs is 1. The maximum absolute atomic E-state index is 12.3. The van der Waals surface area contributed by atoms with Crippen LogP contribution in [0.3, 0.4) is 0 Å². The highest BCUT2D eigenvalue weighted by Crippen LogP contribution is 2.45. The second kappa shape index (κ2) is 12.1. The molecule has 2 heterocycles. The largest absolute Gasteiger partial charge is 0.508 e. The lowest BCUT2D eigenvalue weighted by atomic mass is 9.98. The number of rotatable bonds is 7. The fraction of sp³-hybridized carbons (Fsp3) is 0.233. The fourth-order valence-corrected chi connectivity index (χ4v) is 4.52. The highest BCUT2D eigenvalue weighted by molar-refractivity contribution is 5.87. The molecule has 0 aromatic heterocycles. The maximum Gasteiger partial charge on any atom is 0.330 e. The lowest BCUT2D eigenvalue weighted by molar-refractivity contribution is -0.294. The quantitative estimate of drug-likeness (QED) is 0.111. The van der Waals surface area contributed by atoms with Gasteiger partial charge in [-0.1, -0.05) is 18.2 Å². The molecule has 13 heteroatoms. The third kappa shape index (κ3) is 6.44. The summed E-state index contributed by atoms with van der Waals surface area (Å²) in [7, 11) is 0. The Kier molecular flexibility index (Phi) is 8.32. The first-order chi connectivity index (χ1) is 20.5. The van der Waals surface area contributed by atoms with Gasteiger partial charge in [0.25, 0.3) is 0 Å². The summed E-state index contributed by atoms with van der Waals surface area (Å²) in [4.78, 5) is 12.3. The minimum absolute atomic E-state index is 0.0492. The fourth-order valence-electron chi connectivity index (χ4n) is 4.52. The second-order valence-corrected chi connectivity index (χ2v) is 9.86. The molecular formula is C30H28O13. The molecule has 0 amide bonds. The van der Waals surface area contributed by atoms with Crippen LogP contribution in [0.25, 0.3) is 12.2 Å². The zero-order chi connectivity index (χ0) is 30.8. The molecule has 2 aliphatic heterocycles. The van der Waals surface area contributed by atoms with Crippen LogP contribution in [-0.4, -0.2) is 84.1 Å². The summed E-state index contributed by atoms with van der Waals surface area (Å²) in [5, 5.41) is 81.2. The van der Waals surface area contributed by atoms with E-state index in [0.717, 1.165) is 12.1 Å². The number of benzene rings is 3. The average Bonchev–Trinajstić information content (AvgIpc) is 2.98. The third-order valence-corrected chi connectivity index (χ3v) is 6.81. The van der Waals surface area contributed by atoms with Crippen molar-refractivity contribution in [3.8, 4) is 34.5 Å². The van der Waals surface area contributed by atoms with Crippen molar-refractivity contribution in [2.75, 3.05) is 6.61 Å². The Morgan fingerprint density at radius 3 is 2.28 bits per heavy atom. The van der Waals surface area contributed by atoms with E-state index in [-0.39, 0.29) is 39.9 Å². The number of ether oxygens (including phenoxy) is 4. The molecule has 2 aliphatic rings. The minimum Gasteiger partial charge on any atom is -0.508 e. The Morgan fingerprint density at radius 2 is 1.56 bits per heavy atom. The van der Waals surface area contributed by atoms with Crippen molar-refractivity contribution in [3.63, 3.8) is 0 Å². The van der Waals surface area contributed by atoms with Crippen LogP contribution in [0.4, 0.5) is 0 Å². The van der Waals surface area contributed by atoms with E-state index in [0.29, 0.717) is 5.56 Å². The number of carbonyl (C=O) groups excluding carboxylic acids is 1. The lowest BCUT2D eigenvalue weighted by Crippen LogP contribution is -2.59. The molecule has 5 rings (SSSR count). The molecule has 3 aromatic carbocycles. The molecule has 13 nitrogen and oxygen atoms in total. The molecule has 3 aromatic rings. The van der Waals surface area contributed by atoms with Gasteiger partial charge in [0.05, 0.1) is 5.56 Å². The molecule has 0 bridgehead atoms. The maximum atomic E-state index is 12.3. The number of esters is 1. The van der Waals surface area contributed by atoms with Gasteiger partial charge in [-0.2, -0.15) is 0 Å². The average molecular weight is 597 g/mol. The molecule has 6 atom stereocenters. The highest BCUT2D eigenvalue weighted by Gasteiger charge is 2.46. The Labute approximate surface area is 244 Å². The van der Waals surface area contributed by atoms with E-state index in [2.05, 4.69) is 0 Å². The molecule has 1 saturated heterocycles. The summed E-state index contributed by atoms with van der Waals surface area (Å²) in [5.41, 5.74) is 0.966. The minimum atomic E-state index is -1.79. The number of phenolic OH excluding ortho intramolecular Hbond substituents is 5. The van der Waals surface area contributed by atoms with E-state index in [1.807, 2.05) is 0 Å². The van der Waals surface area contributed by atoms with Crippen LogP contribution in [0.1, 0.15) is 22.8 Å². The van der Waals surface area contributed by atoms with Gasteiger partial charge in [-0.15, -0.1) is 0 Å². The molecule has 0 aliphatic carbocycles. The van der Waals surface area contributed by atoms with Gasteiger partial charge in [-0.3, -0.25) is 0 Å². The molecule has 0 saturated carbocycles. The van der Waals surface area contributed by atoms with Gasteiger partial charge >= 0.3 is 5.97 Å². The SMILES string of the molecule is O=C(/C=C/c1ccc(O)cc1)OC[C@H]1O[C@@H](OC2=Cc3c(O)cc(O)cc3OC2c2ccc(O)c(O)c2)[C@H](O)[C@@H](O)[C@@H]1O. The van der Waals surface area contributed by atoms with Crippen LogP contribution in [0, 0.1) is 0 Å². The van der Waals surface area contributed by atoms with Crippen LogP contribution >= 0.6 is 0 Å². The first-order valence-electron chi connectivity index (χ1n) is 13.0. The topological polar surface area (TPSA) is 216 Å². The Bertz CT molecular complexity index is 1550. The van der Waals surface area contributed by atoms with Crippen LogP contribution < -0.4 is 4.74 Å². The van der Waals surface area contributed by atoms with Crippen LogP contribution in [0.15, 0.2) is 66.4 Å². The summed E-state index contributed by atoms with van der Waals surface area (Å²) >= 11 is 0. The summed E-state index contributed by atoms with van der Waals surface area (Å²) in [6.07, 6.45) is -5.50. The monoisotopic (exact) mass is 596 g/mol. The third-order valence-electron chi connectivity index (χ3n) is 6.81. The van der Waals surface area contributed by atoms with E-state index >= 15 is 0 Å². The summed E-state index contributed by atoms with van der Waals surface area (Å²) in [6.45, 7) is -0.530. The number of carbonyl (C=O) groups is 1. The van der Waals surface area contributed by atoms with Gasteiger partial charge < -0.3 is 59.8 Å². The molecule has 1 unspecified atom stereocenters. The van der Waals surface area contributed by atoms with E-state index in [1.165, 1.54) is 48.6 Å². The molecule has 43 heavy (non-hydrogen) atoms. The zero-order valence-corrected chi connectivity index (χ0v) is 22.2. The van der Waals surface area contributed by atoms with Crippen molar-refractivity contribution < 1.29 is 64.6 Å². The number of hydrogen-bond acceptors (Lipinski definition) is 13. The molecule has 0 spiro atoms. The van der Waals surface area contributed by atoms with E-state index in [9.17, 15) is 45.6 Å². The number of hydrogen-bond donors (Lipinski definition) is 8. The van der Waals surface area contributed by atoms with Gasteiger partial charge in [0.15, 0.2) is 17.6 Å². The molecule has 8 N–H and O–H groups in total. The number of phenols is 5. The summed E-state index contributed by atoms with van der Waals surface area (Å²) in [6, 6.07) is 12.1. The molecule has 1 fully saturated rings. The normalized spacial score (nSPS) is 25.0. The van der Waals surface area contributed by atoms with Crippen molar-refractivity contribution in [1.82, 2.24) is 0 Å². The smallest absolute Gasteiger partial charge is 0.330 e. The first kappa shape index (κ1) is 29.5.